The van der Waals surface area contributed by atoms with Crippen molar-refractivity contribution in [1.29, 1.82) is 5.26 Å². The fourth-order valence-electron chi connectivity index (χ4n) is 4.59. The Hall–Kier alpha value is -1.74. The lowest BCUT2D eigenvalue weighted by molar-refractivity contribution is -0.163. The average molecular weight is 483 g/mol. The highest BCUT2D eigenvalue weighted by Crippen LogP contribution is 2.51. The number of carbonyl (C=O) groups excluding carboxylic acids is 2. The van der Waals surface area contributed by atoms with Crippen LogP contribution in [0.25, 0.3) is 0 Å². The van der Waals surface area contributed by atoms with Crippen molar-refractivity contribution in [2.75, 3.05) is 24.6 Å². The molecule has 2 amide bonds. The standard InChI is InChI=1S/C21H30N4O5S2/c1-11-17-16(12(2)26)20(28)25(17)18(21(29)30)19(11)32-14-8-13(24-9-14)10-31-7-4-15(27)23-6-3-5-22/h11-14,16-17,24,26H,3-4,6-10H2,1-2H3,(H,23,27)(H,29,30)/t11-,12-,13+,14+,16-,17-/m1/s1. The molecule has 0 bridgehead atoms. The molecule has 6 atom stereocenters. The summed E-state index contributed by atoms with van der Waals surface area (Å²) in [6.45, 7) is 4.66. The Bertz CT molecular complexity index is 827. The molecule has 3 aliphatic rings. The van der Waals surface area contributed by atoms with Crippen LogP contribution < -0.4 is 10.6 Å². The summed E-state index contributed by atoms with van der Waals surface area (Å²) in [5.41, 5.74) is 0.0784. The van der Waals surface area contributed by atoms with Crippen LogP contribution in [0.2, 0.25) is 0 Å². The number of carboxylic acid groups (broad SMARTS) is 1. The molecule has 0 unspecified atom stereocenters. The molecule has 0 aromatic heterocycles. The number of hydrogen-bond donors (Lipinski definition) is 4. The van der Waals surface area contributed by atoms with Crippen molar-refractivity contribution in [1.82, 2.24) is 15.5 Å². The van der Waals surface area contributed by atoms with Gasteiger partial charge in [-0.3, -0.25) is 9.59 Å². The Kier molecular flexibility index (Phi) is 8.49. The summed E-state index contributed by atoms with van der Waals surface area (Å²) in [6, 6.07) is 1.99. The number of aliphatic hydroxyl groups is 1. The fourth-order valence-corrected chi connectivity index (χ4v) is 7.15. The molecule has 0 aliphatic carbocycles. The number of carboxylic acids is 1. The molecule has 2 fully saturated rings. The van der Waals surface area contributed by atoms with E-state index in [-0.39, 0.29) is 40.8 Å². The van der Waals surface area contributed by atoms with Gasteiger partial charge in [0, 0.05) is 53.1 Å². The molecule has 2 saturated heterocycles. The molecule has 3 rings (SSSR count). The van der Waals surface area contributed by atoms with Crippen LogP contribution in [0.1, 0.15) is 33.1 Å². The highest BCUT2D eigenvalue weighted by Gasteiger charge is 2.60. The molecule has 3 heterocycles. The lowest BCUT2D eigenvalue weighted by Crippen LogP contribution is -2.63. The molecular weight excluding hydrogens is 452 g/mol. The van der Waals surface area contributed by atoms with E-state index in [0.29, 0.717) is 25.1 Å². The van der Waals surface area contributed by atoms with Gasteiger partial charge in [0.1, 0.15) is 5.70 Å². The SMILES string of the molecule is C[C@@H](O)[C@H]1C(=O)N2C(C(=O)O)=C(S[C@@H]3CN[C@H](CSCCC(=O)NCCC#N)C3)[C@H](C)[C@H]12. The molecule has 0 aromatic rings. The van der Waals surface area contributed by atoms with Gasteiger partial charge in [-0.2, -0.15) is 17.0 Å². The van der Waals surface area contributed by atoms with Crippen LogP contribution in [0.4, 0.5) is 0 Å². The van der Waals surface area contributed by atoms with E-state index in [1.807, 2.05) is 13.0 Å². The number of nitrogens with zero attached hydrogens (tertiary/aromatic N) is 2. The maximum Gasteiger partial charge on any atom is 0.353 e. The third-order valence-corrected chi connectivity index (χ3v) is 8.78. The number of aliphatic hydroxyl groups excluding tert-OH is 1. The van der Waals surface area contributed by atoms with Crippen LogP contribution in [0, 0.1) is 23.2 Å². The first-order valence-corrected chi connectivity index (χ1v) is 12.9. The molecule has 4 N–H and O–H groups in total. The lowest BCUT2D eigenvalue weighted by atomic mass is 9.79. The second-order valence-electron chi connectivity index (χ2n) is 8.44. The highest BCUT2D eigenvalue weighted by molar-refractivity contribution is 8.03. The van der Waals surface area contributed by atoms with Crippen LogP contribution in [0.3, 0.4) is 0 Å². The van der Waals surface area contributed by atoms with Crippen molar-refractivity contribution in [3.8, 4) is 6.07 Å². The zero-order valence-corrected chi connectivity index (χ0v) is 19.9. The van der Waals surface area contributed by atoms with Gasteiger partial charge in [-0.15, -0.1) is 11.8 Å². The minimum atomic E-state index is -1.09. The molecular formula is C21H30N4O5S2. The molecule has 9 nitrogen and oxygen atoms in total. The van der Waals surface area contributed by atoms with Gasteiger partial charge in [-0.1, -0.05) is 6.92 Å². The number of carbonyl (C=O) groups is 3. The average Bonchev–Trinajstić information content (AvgIpc) is 3.27. The first-order chi connectivity index (χ1) is 15.3. The summed E-state index contributed by atoms with van der Waals surface area (Å²) < 4.78 is 0. The van der Waals surface area contributed by atoms with Crippen LogP contribution in [-0.4, -0.2) is 80.9 Å². The van der Waals surface area contributed by atoms with E-state index in [4.69, 9.17) is 5.26 Å². The van der Waals surface area contributed by atoms with E-state index in [0.717, 1.165) is 23.6 Å². The Morgan fingerprint density at radius 3 is 2.84 bits per heavy atom. The smallest absolute Gasteiger partial charge is 0.353 e. The van der Waals surface area contributed by atoms with E-state index >= 15 is 0 Å². The number of nitriles is 1. The first kappa shape index (κ1) is 24.9. The summed E-state index contributed by atoms with van der Waals surface area (Å²) in [5, 5.41) is 34.6. The van der Waals surface area contributed by atoms with Crippen LogP contribution in [0.5, 0.6) is 0 Å². The lowest BCUT2D eigenvalue weighted by Gasteiger charge is -2.46. The van der Waals surface area contributed by atoms with E-state index in [9.17, 15) is 24.6 Å². The first-order valence-electron chi connectivity index (χ1n) is 10.9. The summed E-state index contributed by atoms with van der Waals surface area (Å²) in [7, 11) is 0. The number of rotatable bonds is 11. The van der Waals surface area contributed by atoms with Crippen molar-refractivity contribution >= 4 is 41.3 Å². The van der Waals surface area contributed by atoms with Crippen molar-refractivity contribution in [3.05, 3.63) is 10.6 Å². The van der Waals surface area contributed by atoms with E-state index in [1.165, 1.54) is 4.90 Å². The third-order valence-electron chi connectivity index (χ3n) is 6.14. The Morgan fingerprint density at radius 2 is 2.19 bits per heavy atom. The number of thioether (sulfide) groups is 2. The van der Waals surface area contributed by atoms with E-state index in [1.54, 1.807) is 30.4 Å². The van der Waals surface area contributed by atoms with E-state index < -0.39 is 18.0 Å². The zero-order chi connectivity index (χ0) is 23.4. The summed E-state index contributed by atoms with van der Waals surface area (Å²) >= 11 is 3.24. The van der Waals surface area contributed by atoms with Gasteiger partial charge in [-0.05, 0) is 13.3 Å². The minimum Gasteiger partial charge on any atom is -0.477 e. The van der Waals surface area contributed by atoms with Crippen molar-refractivity contribution < 1.29 is 24.6 Å². The Balaban J connectivity index is 1.48. The second-order valence-corrected chi connectivity index (χ2v) is 10.9. The van der Waals surface area contributed by atoms with Crippen LogP contribution in [0.15, 0.2) is 10.6 Å². The molecule has 0 aromatic carbocycles. The third kappa shape index (κ3) is 5.25. The maximum atomic E-state index is 12.4. The molecule has 0 radical (unpaired) electrons. The van der Waals surface area contributed by atoms with Gasteiger partial charge >= 0.3 is 5.97 Å². The van der Waals surface area contributed by atoms with E-state index in [2.05, 4.69) is 10.6 Å². The van der Waals surface area contributed by atoms with Crippen molar-refractivity contribution in [2.45, 2.75) is 56.5 Å². The number of hydrogen-bond acceptors (Lipinski definition) is 8. The van der Waals surface area contributed by atoms with Gasteiger partial charge in [-0.25, -0.2) is 4.79 Å². The number of fused-ring (bicyclic) bond motifs is 1. The molecule has 32 heavy (non-hydrogen) atoms. The monoisotopic (exact) mass is 482 g/mol. The predicted octanol–water partition coefficient (Wildman–Crippen LogP) is 0.757. The van der Waals surface area contributed by atoms with Gasteiger partial charge < -0.3 is 25.7 Å². The fraction of sp³-hybridized carbons (Fsp3) is 0.714. The van der Waals surface area contributed by atoms with Crippen LogP contribution in [-0.2, 0) is 14.4 Å². The maximum absolute atomic E-state index is 12.4. The summed E-state index contributed by atoms with van der Waals surface area (Å²) in [6.07, 6.45) is 0.819. The summed E-state index contributed by atoms with van der Waals surface area (Å²) in [5.74, 6) is -0.527. The second kappa shape index (κ2) is 10.9. The molecule has 0 spiro atoms. The van der Waals surface area contributed by atoms with Crippen LogP contribution >= 0.6 is 23.5 Å². The number of amides is 2. The molecule has 3 aliphatic heterocycles. The van der Waals surface area contributed by atoms with Gasteiger partial charge in [0.15, 0.2) is 0 Å². The normalized spacial score (nSPS) is 30.0. The predicted molar refractivity (Wildman–Crippen MR) is 123 cm³/mol. The zero-order valence-electron chi connectivity index (χ0n) is 18.2. The topological polar surface area (TPSA) is 143 Å². The number of β-lactam (4-membered cyclic amide) rings is 1. The van der Waals surface area contributed by atoms with Gasteiger partial charge in [0.2, 0.25) is 11.8 Å². The van der Waals surface area contributed by atoms with Gasteiger partial charge in [0.05, 0.1) is 30.6 Å². The number of aliphatic carboxylic acids is 1. The Morgan fingerprint density at radius 1 is 1.44 bits per heavy atom. The number of nitrogens with one attached hydrogen (secondary N) is 2. The molecule has 176 valence electrons. The highest BCUT2D eigenvalue weighted by atomic mass is 32.2. The summed E-state index contributed by atoms with van der Waals surface area (Å²) in [4.78, 5) is 38.1. The van der Waals surface area contributed by atoms with Gasteiger partial charge in [0.25, 0.3) is 0 Å². The largest absolute Gasteiger partial charge is 0.477 e. The quantitative estimate of drug-likeness (QED) is 0.248. The van der Waals surface area contributed by atoms with Crippen molar-refractivity contribution in [2.24, 2.45) is 11.8 Å². The molecule has 11 heteroatoms. The van der Waals surface area contributed by atoms with Crippen molar-refractivity contribution in [3.63, 3.8) is 0 Å². The minimum absolute atomic E-state index is 0.0430. The molecule has 0 saturated carbocycles. The Labute approximate surface area is 196 Å².